The first-order valence-electron chi connectivity index (χ1n) is 6.91. The van der Waals surface area contributed by atoms with Gasteiger partial charge in [-0.15, -0.1) is 0 Å². The maximum Gasteiger partial charge on any atom is 0.279 e. The van der Waals surface area contributed by atoms with Crippen molar-refractivity contribution in [3.8, 4) is 11.8 Å². The van der Waals surface area contributed by atoms with Gasteiger partial charge >= 0.3 is 0 Å². The van der Waals surface area contributed by atoms with Gasteiger partial charge in [-0.3, -0.25) is 0 Å². The van der Waals surface area contributed by atoms with E-state index in [1.54, 1.807) is 20.8 Å². The Balaban J connectivity index is 2.91. The van der Waals surface area contributed by atoms with E-state index < -0.39 is 10.2 Å². The molecule has 0 bridgehead atoms. The van der Waals surface area contributed by atoms with Crippen LogP contribution in [0.2, 0.25) is 0 Å². The van der Waals surface area contributed by atoms with E-state index in [0.29, 0.717) is 13.1 Å². The van der Waals surface area contributed by atoms with E-state index >= 15 is 0 Å². The molecule has 1 unspecified atom stereocenters. The lowest BCUT2D eigenvalue weighted by molar-refractivity contribution is 0.350. The van der Waals surface area contributed by atoms with Crippen LogP contribution in [0.5, 0.6) is 0 Å². The fourth-order valence-electron chi connectivity index (χ4n) is 1.96. The van der Waals surface area contributed by atoms with E-state index in [9.17, 15) is 8.42 Å². The van der Waals surface area contributed by atoms with E-state index in [2.05, 4.69) is 16.6 Å². The molecule has 0 aliphatic rings. The molecule has 0 amide bonds. The van der Waals surface area contributed by atoms with Crippen LogP contribution in [0.15, 0.2) is 24.3 Å². The van der Waals surface area contributed by atoms with Crippen LogP contribution in [-0.4, -0.2) is 37.5 Å². The second kappa shape index (κ2) is 8.15. The van der Waals surface area contributed by atoms with E-state index in [-0.39, 0.29) is 12.6 Å². The van der Waals surface area contributed by atoms with Gasteiger partial charge in [-0.1, -0.05) is 37.8 Å². The van der Waals surface area contributed by atoms with Gasteiger partial charge in [-0.05, 0) is 24.6 Å². The molecule has 0 fully saturated rings. The van der Waals surface area contributed by atoms with Crippen molar-refractivity contribution in [2.24, 2.45) is 0 Å². The largest absolute Gasteiger partial charge is 0.384 e. The Labute approximate surface area is 127 Å². The minimum atomic E-state index is -3.49. The summed E-state index contributed by atoms with van der Waals surface area (Å²) in [5.74, 6) is 5.38. The van der Waals surface area contributed by atoms with Crippen LogP contribution in [-0.2, 0) is 10.2 Å². The van der Waals surface area contributed by atoms with Gasteiger partial charge in [0.25, 0.3) is 10.2 Å². The number of hydrogen-bond donors (Lipinski definition) is 2. The molecule has 0 spiro atoms. The molecule has 0 radical (unpaired) electrons. The van der Waals surface area contributed by atoms with Gasteiger partial charge in [0.1, 0.15) is 6.61 Å². The Morgan fingerprint density at radius 2 is 2.00 bits per heavy atom. The van der Waals surface area contributed by atoms with Crippen LogP contribution in [0.25, 0.3) is 0 Å². The Bertz CT molecular complexity index is 613. The molecular formula is C15H22N2O3S. The van der Waals surface area contributed by atoms with Gasteiger partial charge in [0.05, 0.1) is 0 Å². The normalized spacial score (nSPS) is 12.8. The van der Waals surface area contributed by atoms with Gasteiger partial charge in [-0.25, -0.2) is 0 Å². The Hall–Kier alpha value is -1.39. The lowest BCUT2D eigenvalue weighted by Gasteiger charge is -2.22. The SMILES string of the molecule is CCN(CC)S(=O)(=O)NC(C)c1cccc(C#CCO)c1. The zero-order valence-electron chi connectivity index (χ0n) is 12.6. The quantitative estimate of drug-likeness (QED) is 0.777. The molecule has 5 nitrogen and oxygen atoms in total. The second-order valence-corrected chi connectivity index (χ2v) is 6.22. The molecule has 1 atom stereocenters. The molecule has 1 aromatic rings. The van der Waals surface area contributed by atoms with E-state index in [1.807, 2.05) is 24.3 Å². The summed E-state index contributed by atoms with van der Waals surface area (Å²) in [5, 5.41) is 8.70. The number of aliphatic hydroxyl groups excluding tert-OH is 1. The molecule has 1 aromatic carbocycles. The molecule has 1 rings (SSSR count). The van der Waals surface area contributed by atoms with Gasteiger partial charge < -0.3 is 5.11 Å². The van der Waals surface area contributed by atoms with Crippen LogP contribution in [0, 0.1) is 11.8 Å². The monoisotopic (exact) mass is 310 g/mol. The molecule has 0 heterocycles. The predicted molar refractivity (Wildman–Crippen MR) is 83.8 cm³/mol. The summed E-state index contributed by atoms with van der Waals surface area (Å²) in [7, 11) is -3.49. The van der Waals surface area contributed by atoms with Crippen molar-refractivity contribution in [3.05, 3.63) is 35.4 Å². The van der Waals surface area contributed by atoms with Crippen molar-refractivity contribution in [2.75, 3.05) is 19.7 Å². The van der Waals surface area contributed by atoms with Crippen LogP contribution in [0.1, 0.15) is 37.9 Å². The first-order valence-corrected chi connectivity index (χ1v) is 8.35. The molecule has 0 saturated carbocycles. The summed E-state index contributed by atoms with van der Waals surface area (Å²) in [6.07, 6.45) is 0. The second-order valence-electron chi connectivity index (χ2n) is 4.51. The molecule has 0 aliphatic heterocycles. The number of nitrogens with zero attached hydrogens (tertiary/aromatic N) is 1. The van der Waals surface area contributed by atoms with Crippen LogP contribution in [0.3, 0.4) is 0 Å². The summed E-state index contributed by atoms with van der Waals surface area (Å²) >= 11 is 0. The maximum atomic E-state index is 12.2. The first-order chi connectivity index (χ1) is 9.94. The summed E-state index contributed by atoms with van der Waals surface area (Å²) < 4.78 is 28.4. The highest BCUT2D eigenvalue weighted by Gasteiger charge is 2.21. The van der Waals surface area contributed by atoms with Crippen molar-refractivity contribution in [1.82, 2.24) is 9.03 Å². The molecule has 6 heteroatoms. The average Bonchev–Trinajstić information content (AvgIpc) is 2.45. The number of nitrogens with one attached hydrogen (secondary N) is 1. The fourth-order valence-corrected chi connectivity index (χ4v) is 3.37. The van der Waals surface area contributed by atoms with Crippen molar-refractivity contribution < 1.29 is 13.5 Å². The highest BCUT2D eigenvalue weighted by molar-refractivity contribution is 7.87. The molecule has 2 N–H and O–H groups in total. The Kier molecular flexibility index (Phi) is 6.85. The molecule has 0 saturated heterocycles. The van der Waals surface area contributed by atoms with Crippen LogP contribution >= 0.6 is 0 Å². The number of rotatable bonds is 6. The predicted octanol–water partition coefficient (Wildman–Crippen LogP) is 1.27. The lowest BCUT2D eigenvalue weighted by atomic mass is 10.1. The van der Waals surface area contributed by atoms with Crippen LogP contribution < -0.4 is 4.72 Å². The number of benzene rings is 1. The van der Waals surface area contributed by atoms with Gasteiger partial charge in [0, 0.05) is 24.7 Å². The van der Waals surface area contributed by atoms with E-state index in [1.165, 1.54) is 4.31 Å². The highest BCUT2D eigenvalue weighted by Crippen LogP contribution is 2.15. The lowest BCUT2D eigenvalue weighted by Crippen LogP contribution is -2.41. The first kappa shape index (κ1) is 17.7. The Morgan fingerprint density at radius 1 is 1.33 bits per heavy atom. The zero-order valence-corrected chi connectivity index (χ0v) is 13.4. The topological polar surface area (TPSA) is 69.6 Å². The minimum absolute atomic E-state index is 0.200. The standard InChI is InChI=1S/C15H22N2O3S/c1-4-17(5-2)21(19,20)16-13(3)15-10-6-8-14(12-15)9-7-11-18/h6,8,10,12-13,16,18H,4-5,11H2,1-3H3. The van der Waals surface area contributed by atoms with Crippen molar-refractivity contribution in [1.29, 1.82) is 0 Å². The van der Waals surface area contributed by atoms with Gasteiger partial charge in [0.15, 0.2) is 0 Å². The zero-order chi connectivity index (χ0) is 15.9. The molecule has 0 aliphatic carbocycles. The summed E-state index contributed by atoms with van der Waals surface area (Å²) in [5.41, 5.74) is 1.57. The van der Waals surface area contributed by atoms with Crippen molar-refractivity contribution >= 4 is 10.2 Å². The summed E-state index contributed by atoms with van der Waals surface area (Å²) in [6, 6.07) is 6.94. The summed E-state index contributed by atoms with van der Waals surface area (Å²) in [4.78, 5) is 0. The summed E-state index contributed by atoms with van der Waals surface area (Å²) in [6.45, 7) is 6.06. The minimum Gasteiger partial charge on any atom is -0.384 e. The highest BCUT2D eigenvalue weighted by atomic mass is 32.2. The Morgan fingerprint density at radius 3 is 2.57 bits per heavy atom. The number of aliphatic hydroxyl groups is 1. The van der Waals surface area contributed by atoms with Crippen LogP contribution in [0.4, 0.5) is 0 Å². The molecule has 116 valence electrons. The third kappa shape index (κ3) is 5.14. The smallest absolute Gasteiger partial charge is 0.279 e. The molecule has 0 aromatic heterocycles. The fraction of sp³-hybridized carbons (Fsp3) is 0.467. The van der Waals surface area contributed by atoms with Gasteiger partial charge in [0.2, 0.25) is 0 Å². The van der Waals surface area contributed by atoms with Crippen molar-refractivity contribution in [3.63, 3.8) is 0 Å². The van der Waals surface area contributed by atoms with E-state index in [0.717, 1.165) is 11.1 Å². The number of hydrogen-bond acceptors (Lipinski definition) is 3. The third-order valence-corrected chi connectivity index (χ3v) is 4.92. The maximum absolute atomic E-state index is 12.2. The van der Waals surface area contributed by atoms with Gasteiger partial charge in [-0.2, -0.15) is 17.4 Å². The average molecular weight is 310 g/mol. The molecule has 21 heavy (non-hydrogen) atoms. The third-order valence-electron chi connectivity index (χ3n) is 3.07. The van der Waals surface area contributed by atoms with E-state index in [4.69, 9.17) is 5.11 Å². The van der Waals surface area contributed by atoms with Crippen molar-refractivity contribution in [2.45, 2.75) is 26.8 Å². The molecular weight excluding hydrogens is 288 g/mol.